The number of hydrogen-bond acceptors (Lipinski definition) is 4. The molecule has 144 valence electrons. The molecular weight excluding hydrogens is 368 g/mol. The van der Waals surface area contributed by atoms with Crippen molar-refractivity contribution in [3.63, 3.8) is 0 Å². The van der Waals surface area contributed by atoms with Crippen LogP contribution in [0.4, 0.5) is 0 Å². The molecule has 0 fully saturated rings. The molecular formula is C22H24N4OS. The largest absolute Gasteiger partial charge is 0.345 e. The predicted octanol–water partition coefficient (Wildman–Crippen LogP) is 4.30. The van der Waals surface area contributed by atoms with Crippen LogP contribution in [0.1, 0.15) is 32.9 Å². The summed E-state index contributed by atoms with van der Waals surface area (Å²) in [6.45, 7) is 8.82. The summed E-state index contributed by atoms with van der Waals surface area (Å²) in [5.41, 5.74) is 4.24. The number of thioether (sulfide) groups is 1. The first-order valence-electron chi connectivity index (χ1n) is 9.13. The molecule has 0 bridgehead atoms. The average Bonchev–Trinajstić information content (AvgIpc) is 3.07. The normalized spacial score (nSPS) is 10.6. The van der Waals surface area contributed by atoms with E-state index < -0.39 is 0 Å². The number of carbonyl (C=O) groups excluding carboxylic acids is 1. The highest BCUT2D eigenvalue weighted by Gasteiger charge is 2.13. The number of benzene rings is 2. The van der Waals surface area contributed by atoms with Crippen LogP contribution in [0.25, 0.3) is 0 Å². The number of allylic oxidation sites excluding steroid dienone is 1. The Morgan fingerprint density at radius 2 is 1.93 bits per heavy atom. The Labute approximate surface area is 169 Å². The molecule has 0 aliphatic rings. The molecule has 6 heteroatoms. The van der Waals surface area contributed by atoms with E-state index in [1.807, 2.05) is 41.8 Å². The van der Waals surface area contributed by atoms with Crippen LogP contribution in [-0.4, -0.2) is 20.7 Å². The number of nitrogens with one attached hydrogen (secondary N) is 1. The topological polar surface area (TPSA) is 59.8 Å². The van der Waals surface area contributed by atoms with E-state index in [2.05, 4.69) is 53.3 Å². The third kappa shape index (κ3) is 5.10. The highest BCUT2D eigenvalue weighted by molar-refractivity contribution is 7.98. The fourth-order valence-corrected chi connectivity index (χ4v) is 3.69. The quantitative estimate of drug-likeness (QED) is 0.459. The van der Waals surface area contributed by atoms with Gasteiger partial charge >= 0.3 is 0 Å². The molecule has 1 heterocycles. The van der Waals surface area contributed by atoms with Crippen LogP contribution in [0.3, 0.4) is 0 Å². The fourth-order valence-electron chi connectivity index (χ4n) is 2.79. The van der Waals surface area contributed by atoms with Gasteiger partial charge in [0.05, 0.1) is 6.54 Å². The molecule has 0 radical (unpaired) electrons. The zero-order chi connectivity index (χ0) is 19.9. The number of amides is 1. The SMILES string of the molecule is C=CCn1c(CNC(=O)c2ccc(C)cc2)nnc1SCc1cccc(C)c1. The van der Waals surface area contributed by atoms with Gasteiger partial charge in [0.1, 0.15) is 0 Å². The smallest absolute Gasteiger partial charge is 0.251 e. The number of aryl methyl sites for hydroxylation is 2. The van der Waals surface area contributed by atoms with Crippen molar-refractivity contribution in [2.24, 2.45) is 0 Å². The predicted molar refractivity (Wildman–Crippen MR) is 113 cm³/mol. The van der Waals surface area contributed by atoms with E-state index in [1.165, 1.54) is 11.1 Å². The Morgan fingerprint density at radius 3 is 2.64 bits per heavy atom. The molecule has 3 aromatic rings. The highest BCUT2D eigenvalue weighted by Crippen LogP contribution is 2.22. The van der Waals surface area contributed by atoms with Gasteiger partial charge in [0.25, 0.3) is 5.91 Å². The van der Waals surface area contributed by atoms with Gasteiger partial charge in [-0.2, -0.15) is 0 Å². The van der Waals surface area contributed by atoms with Crippen molar-refractivity contribution in [1.29, 1.82) is 0 Å². The molecule has 0 saturated heterocycles. The Balaban J connectivity index is 1.66. The van der Waals surface area contributed by atoms with Gasteiger partial charge in [0.15, 0.2) is 11.0 Å². The van der Waals surface area contributed by atoms with Gasteiger partial charge in [-0.3, -0.25) is 4.79 Å². The van der Waals surface area contributed by atoms with E-state index in [0.717, 1.165) is 16.5 Å². The lowest BCUT2D eigenvalue weighted by atomic mass is 10.1. The van der Waals surface area contributed by atoms with Crippen LogP contribution in [0.2, 0.25) is 0 Å². The molecule has 0 saturated carbocycles. The van der Waals surface area contributed by atoms with Gasteiger partial charge < -0.3 is 9.88 Å². The molecule has 0 spiro atoms. The summed E-state index contributed by atoms with van der Waals surface area (Å²) in [7, 11) is 0. The van der Waals surface area contributed by atoms with Crippen molar-refractivity contribution in [2.75, 3.05) is 0 Å². The fraction of sp³-hybridized carbons (Fsp3) is 0.227. The number of aromatic nitrogens is 3. The van der Waals surface area contributed by atoms with Crippen LogP contribution in [0.15, 0.2) is 66.3 Å². The molecule has 1 N–H and O–H groups in total. The van der Waals surface area contributed by atoms with Gasteiger partial charge in [-0.05, 0) is 31.5 Å². The van der Waals surface area contributed by atoms with E-state index in [0.29, 0.717) is 24.5 Å². The Hall–Kier alpha value is -2.86. The van der Waals surface area contributed by atoms with E-state index >= 15 is 0 Å². The summed E-state index contributed by atoms with van der Waals surface area (Å²) in [5, 5.41) is 12.3. The monoisotopic (exact) mass is 392 g/mol. The molecule has 5 nitrogen and oxygen atoms in total. The first-order valence-corrected chi connectivity index (χ1v) is 10.1. The van der Waals surface area contributed by atoms with Gasteiger partial charge in [-0.25, -0.2) is 0 Å². The average molecular weight is 393 g/mol. The van der Waals surface area contributed by atoms with Crippen LogP contribution < -0.4 is 5.32 Å². The van der Waals surface area contributed by atoms with Crippen molar-refractivity contribution in [2.45, 2.75) is 37.8 Å². The molecule has 0 atom stereocenters. The molecule has 28 heavy (non-hydrogen) atoms. The summed E-state index contributed by atoms with van der Waals surface area (Å²) in [6, 6.07) is 15.9. The van der Waals surface area contributed by atoms with Crippen molar-refractivity contribution >= 4 is 17.7 Å². The third-order valence-corrected chi connectivity index (χ3v) is 5.31. The molecule has 0 unspecified atom stereocenters. The third-order valence-electron chi connectivity index (χ3n) is 4.28. The van der Waals surface area contributed by atoms with Crippen molar-refractivity contribution in [3.8, 4) is 0 Å². The molecule has 1 aromatic heterocycles. The Morgan fingerprint density at radius 1 is 1.14 bits per heavy atom. The minimum Gasteiger partial charge on any atom is -0.345 e. The molecule has 0 aliphatic carbocycles. The second-order valence-electron chi connectivity index (χ2n) is 6.62. The summed E-state index contributed by atoms with van der Waals surface area (Å²) < 4.78 is 1.99. The van der Waals surface area contributed by atoms with Crippen LogP contribution in [-0.2, 0) is 18.8 Å². The second kappa shape index (κ2) is 9.37. The Bertz CT molecular complexity index is 963. The summed E-state index contributed by atoms with van der Waals surface area (Å²) >= 11 is 1.63. The maximum Gasteiger partial charge on any atom is 0.251 e. The maximum absolute atomic E-state index is 12.4. The number of rotatable bonds is 8. The standard InChI is InChI=1S/C22H24N4OS/c1-4-12-26-20(14-23-21(27)19-10-8-16(2)9-11-19)24-25-22(26)28-15-18-7-5-6-17(3)13-18/h4-11,13H,1,12,14-15H2,2-3H3,(H,23,27). The summed E-state index contributed by atoms with van der Waals surface area (Å²) in [6.07, 6.45) is 1.81. The lowest BCUT2D eigenvalue weighted by Gasteiger charge is -2.09. The lowest BCUT2D eigenvalue weighted by molar-refractivity contribution is 0.0949. The van der Waals surface area contributed by atoms with Crippen molar-refractivity contribution in [3.05, 3.63) is 89.3 Å². The Kier molecular flexibility index (Phi) is 6.66. The van der Waals surface area contributed by atoms with Crippen molar-refractivity contribution < 1.29 is 4.79 Å². The molecule has 1 amide bonds. The maximum atomic E-state index is 12.4. The number of nitrogens with zero attached hydrogens (tertiary/aromatic N) is 3. The second-order valence-corrected chi connectivity index (χ2v) is 7.57. The van der Waals surface area contributed by atoms with E-state index in [1.54, 1.807) is 11.8 Å². The zero-order valence-corrected chi connectivity index (χ0v) is 17.0. The number of hydrogen-bond donors (Lipinski definition) is 1. The van der Waals surface area contributed by atoms with E-state index in [-0.39, 0.29) is 5.91 Å². The first-order chi connectivity index (χ1) is 13.6. The first kappa shape index (κ1) is 19.9. The van der Waals surface area contributed by atoms with Gasteiger partial charge in [-0.15, -0.1) is 16.8 Å². The van der Waals surface area contributed by atoms with Gasteiger partial charge in [-0.1, -0.05) is 65.4 Å². The highest BCUT2D eigenvalue weighted by atomic mass is 32.2. The van der Waals surface area contributed by atoms with E-state index in [9.17, 15) is 4.79 Å². The minimum absolute atomic E-state index is 0.123. The molecule has 0 aliphatic heterocycles. The van der Waals surface area contributed by atoms with Crippen LogP contribution in [0.5, 0.6) is 0 Å². The summed E-state index contributed by atoms with van der Waals surface area (Å²) in [4.78, 5) is 12.4. The summed E-state index contributed by atoms with van der Waals surface area (Å²) in [5.74, 6) is 1.40. The molecule has 2 aromatic carbocycles. The molecule has 3 rings (SSSR count). The number of carbonyl (C=O) groups is 1. The zero-order valence-electron chi connectivity index (χ0n) is 16.2. The van der Waals surface area contributed by atoms with Gasteiger partial charge in [0, 0.05) is 17.9 Å². The van der Waals surface area contributed by atoms with Crippen LogP contribution in [0, 0.1) is 13.8 Å². The van der Waals surface area contributed by atoms with E-state index in [4.69, 9.17) is 0 Å². The minimum atomic E-state index is -0.123. The van der Waals surface area contributed by atoms with Crippen LogP contribution >= 0.6 is 11.8 Å². The van der Waals surface area contributed by atoms with Gasteiger partial charge in [0.2, 0.25) is 0 Å². The lowest BCUT2D eigenvalue weighted by Crippen LogP contribution is -2.24. The van der Waals surface area contributed by atoms with Crippen molar-refractivity contribution in [1.82, 2.24) is 20.1 Å².